The molecule has 72 heavy (non-hydrogen) atoms. The average molecular weight is 1060 g/mol. The Morgan fingerprint density at radius 1 is 0.389 bits per heavy atom. The number of likely N-dealkylation sites (N-methyl/N-ethyl adjacent to an activating group) is 4. The Morgan fingerprint density at radius 2 is 0.639 bits per heavy atom. The first kappa shape index (κ1) is 58.4. The minimum absolute atomic E-state index is 0.217. The molecule has 4 aromatic carbocycles. The minimum atomic E-state index is -0.443. The van der Waals surface area contributed by atoms with E-state index >= 15 is 0 Å². The van der Waals surface area contributed by atoms with E-state index in [0.717, 1.165) is 80.3 Å². The maximum absolute atomic E-state index is 7.00. The summed E-state index contributed by atoms with van der Waals surface area (Å²) in [6, 6.07) is 25.6. The predicted octanol–water partition coefficient (Wildman–Crippen LogP) is 9.06. The van der Waals surface area contributed by atoms with Gasteiger partial charge in [-0.2, -0.15) is 0 Å². The highest BCUT2D eigenvalue weighted by Crippen LogP contribution is 2.39. The molecule has 0 saturated carbocycles. The highest BCUT2D eigenvalue weighted by atomic mass is 32.1. The first-order valence-corrected chi connectivity index (χ1v) is 26.4. The van der Waals surface area contributed by atoms with Crippen LogP contribution in [0.25, 0.3) is 0 Å². The summed E-state index contributed by atoms with van der Waals surface area (Å²) in [5.74, 6) is 3.28. The monoisotopic (exact) mass is 1060 g/mol. The van der Waals surface area contributed by atoms with E-state index in [0.29, 0.717) is 58.9 Å². The van der Waals surface area contributed by atoms with Crippen LogP contribution in [-0.4, -0.2) is 174 Å². The molecule has 4 aromatic rings. The van der Waals surface area contributed by atoms with Gasteiger partial charge < -0.3 is 57.5 Å². The number of nitrogens with zero attached hydrogens (tertiary/aromatic N) is 4. The zero-order valence-electron chi connectivity index (χ0n) is 44.1. The lowest BCUT2D eigenvalue weighted by molar-refractivity contribution is -0.0175. The van der Waals surface area contributed by atoms with Crippen LogP contribution in [0.5, 0.6) is 23.0 Å². The van der Waals surface area contributed by atoms with Crippen LogP contribution in [0.1, 0.15) is 71.2 Å². The third-order valence-corrected chi connectivity index (χ3v) is 13.8. The molecular weight excluding hydrogens is 985 g/mol. The molecule has 2 atom stereocenters. The van der Waals surface area contributed by atoms with Gasteiger partial charge in [0.15, 0.2) is 0 Å². The standard InChI is InChI=1S/C56H76N4O8S4/c1-11-25-63-53-39-17-13-18-40(53)28-44-22-16-24-46(56(44)68-34-48(66-38-52(72)60(9)10)32-62-36-50(70)58(5)6)30-42-20-14-19-41(54(42)64-26-12-2)29-45-23-15-21-43(27-39)55(45)67-33-47(65-37-51(71)59(7)8)31-61-35-49(69)57(3)4/h13-24,47-48H,11-12,25-38H2,1-10H3. The summed E-state index contributed by atoms with van der Waals surface area (Å²) in [7, 11) is 15.3. The van der Waals surface area contributed by atoms with E-state index in [1.807, 2.05) is 76.0 Å². The molecule has 0 aromatic heterocycles. The molecule has 5 rings (SSSR count). The summed E-state index contributed by atoms with van der Waals surface area (Å²) in [5.41, 5.74) is 8.25. The van der Waals surface area contributed by atoms with E-state index in [2.05, 4.69) is 86.6 Å². The number of hydrogen-bond donors (Lipinski definition) is 0. The second kappa shape index (κ2) is 30.0. The van der Waals surface area contributed by atoms with Gasteiger partial charge in [0, 0.05) is 82.1 Å². The number of benzene rings is 4. The van der Waals surface area contributed by atoms with Crippen molar-refractivity contribution in [3.63, 3.8) is 0 Å². The number of fused-ring (bicyclic) bond motifs is 8. The van der Waals surface area contributed by atoms with Crippen LogP contribution in [0.4, 0.5) is 0 Å². The van der Waals surface area contributed by atoms with Crippen LogP contribution in [0.3, 0.4) is 0 Å². The fraction of sp³-hybridized carbons (Fsp3) is 0.500. The number of rotatable bonds is 26. The Balaban J connectivity index is 1.62. The van der Waals surface area contributed by atoms with E-state index in [4.69, 9.17) is 86.8 Å². The lowest BCUT2D eigenvalue weighted by atomic mass is 9.91. The summed E-state index contributed by atoms with van der Waals surface area (Å²) in [6.45, 7) is 7.40. The van der Waals surface area contributed by atoms with Gasteiger partial charge in [0.2, 0.25) is 0 Å². The van der Waals surface area contributed by atoms with Gasteiger partial charge in [-0.3, -0.25) is 0 Å². The second-order valence-electron chi connectivity index (χ2n) is 18.7. The van der Waals surface area contributed by atoms with Crippen molar-refractivity contribution in [2.45, 2.75) is 64.6 Å². The molecule has 392 valence electrons. The minimum Gasteiger partial charge on any atom is -0.493 e. The Bertz CT molecular complexity index is 2160. The van der Waals surface area contributed by atoms with Gasteiger partial charge in [-0.15, -0.1) is 0 Å². The molecule has 0 radical (unpaired) electrons. The van der Waals surface area contributed by atoms with Gasteiger partial charge in [0.1, 0.15) is 68.4 Å². The Morgan fingerprint density at radius 3 is 0.889 bits per heavy atom. The molecule has 0 spiro atoms. The largest absolute Gasteiger partial charge is 0.493 e. The zero-order valence-corrected chi connectivity index (χ0v) is 47.4. The summed E-state index contributed by atoms with van der Waals surface area (Å²) >= 11 is 22.3. The van der Waals surface area contributed by atoms with Gasteiger partial charge >= 0.3 is 0 Å². The summed E-state index contributed by atoms with van der Waals surface area (Å²) < 4.78 is 52.6. The zero-order chi connectivity index (χ0) is 52.2. The fourth-order valence-electron chi connectivity index (χ4n) is 7.73. The smallest absolute Gasteiger partial charge is 0.126 e. The first-order chi connectivity index (χ1) is 34.6. The summed E-state index contributed by atoms with van der Waals surface area (Å²) in [4.78, 5) is 10.2. The van der Waals surface area contributed by atoms with Crippen molar-refractivity contribution in [2.24, 2.45) is 0 Å². The third-order valence-electron chi connectivity index (χ3n) is 11.9. The van der Waals surface area contributed by atoms with Crippen molar-refractivity contribution in [1.29, 1.82) is 0 Å². The van der Waals surface area contributed by atoms with Crippen LogP contribution in [0.15, 0.2) is 72.8 Å². The predicted molar refractivity (Wildman–Crippen MR) is 306 cm³/mol. The quantitative estimate of drug-likeness (QED) is 0.0494. The van der Waals surface area contributed by atoms with E-state index in [-0.39, 0.29) is 52.9 Å². The van der Waals surface area contributed by atoms with E-state index in [9.17, 15) is 0 Å². The molecule has 0 heterocycles. The van der Waals surface area contributed by atoms with Crippen LogP contribution in [-0.2, 0) is 44.6 Å². The first-order valence-electron chi connectivity index (χ1n) is 24.7. The van der Waals surface area contributed by atoms with Crippen molar-refractivity contribution in [3.8, 4) is 23.0 Å². The lowest BCUT2D eigenvalue weighted by Gasteiger charge is -2.25. The number of ether oxygens (including phenoxy) is 8. The van der Waals surface area contributed by atoms with Crippen molar-refractivity contribution < 1.29 is 37.9 Å². The molecule has 16 heteroatoms. The number of hydrogen-bond acceptors (Lipinski definition) is 12. The topological polar surface area (TPSA) is 86.8 Å². The van der Waals surface area contributed by atoms with Gasteiger partial charge in [-0.25, -0.2) is 0 Å². The van der Waals surface area contributed by atoms with Crippen molar-refractivity contribution >= 4 is 68.8 Å². The summed E-state index contributed by atoms with van der Waals surface area (Å²) in [6.07, 6.45) is 3.01. The Kier molecular flexibility index (Phi) is 24.3. The van der Waals surface area contributed by atoms with Crippen LogP contribution in [0.2, 0.25) is 0 Å². The summed E-state index contributed by atoms with van der Waals surface area (Å²) in [5, 5.41) is 0. The maximum atomic E-state index is 7.00. The molecule has 0 saturated heterocycles. The van der Waals surface area contributed by atoms with E-state index < -0.39 is 12.2 Å². The molecule has 1 aliphatic carbocycles. The van der Waals surface area contributed by atoms with Gasteiger partial charge in [-0.1, -0.05) is 136 Å². The van der Waals surface area contributed by atoms with Gasteiger partial charge in [-0.05, 0) is 57.3 Å². The van der Waals surface area contributed by atoms with Crippen molar-refractivity contribution in [1.82, 2.24) is 19.6 Å². The normalized spacial score (nSPS) is 12.8. The lowest BCUT2D eigenvalue weighted by Crippen LogP contribution is -2.34. The van der Waals surface area contributed by atoms with Gasteiger partial charge in [0.25, 0.3) is 0 Å². The molecule has 1 aliphatic rings. The van der Waals surface area contributed by atoms with Gasteiger partial charge in [0.05, 0.1) is 52.9 Å². The molecule has 2 unspecified atom stereocenters. The molecule has 0 N–H and O–H groups in total. The highest BCUT2D eigenvalue weighted by Gasteiger charge is 2.24. The molecular formula is C56H76N4O8S4. The SMILES string of the molecule is CCCOc1c2cccc1Cc1cccc(c1OCC(COCC(=S)N(C)C)OCC(=S)N(C)C)Cc1cccc(c1OCCC)Cc1cccc(c1OCC(COCC(=S)N(C)C)OCC(=S)N(C)C)C2. The van der Waals surface area contributed by atoms with E-state index in [1.165, 1.54) is 0 Å². The Labute approximate surface area is 451 Å². The van der Waals surface area contributed by atoms with Crippen LogP contribution < -0.4 is 18.9 Å². The average Bonchev–Trinajstić information content (AvgIpc) is 3.35. The molecule has 0 fully saturated rings. The molecule has 0 aliphatic heterocycles. The highest BCUT2D eigenvalue weighted by molar-refractivity contribution is 7.80. The van der Waals surface area contributed by atoms with Crippen molar-refractivity contribution in [2.75, 3.05) is 122 Å². The molecule has 12 nitrogen and oxygen atoms in total. The van der Waals surface area contributed by atoms with Crippen molar-refractivity contribution in [3.05, 3.63) is 117 Å². The Hall–Kier alpha value is -4.52. The van der Waals surface area contributed by atoms with Crippen LogP contribution >= 0.6 is 48.9 Å². The third kappa shape index (κ3) is 17.9. The second-order valence-corrected chi connectivity index (χ2v) is 20.6. The number of para-hydroxylation sites is 4. The maximum Gasteiger partial charge on any atom is 0.126 e. The molecule has 8 bridgehead atoms. The number of thiocarbonyl (C=S) groups is 4. The van der Waals surface area contributed by atoms with E-state index in [1.54, 1.807) is 0 Å². The van der Waals surface area contributed by atoms with Crippen LogP contribution in [0, 0.1) is 0 Å². The fourth-order valence-corrected chi connectivity index (χ4v) is 8.03. The molecule has 0 amide bonds.